The zero-order valence-corrected chi connectivity index (χ0v) is 7.33. The first kappa shape index (κ1) is 7.29. The van der Waals surface area contributed by atoms with Gasteiger partial charge in [0.05, 0.1) is 0 Å². The van der Waals surface area contributed by atoms with Crippen molar-refractivity contribution in [1.82, 2.24) is 4.98 Å². The summed E-state index contributed by atoms with van der Waals surface area (Å²) in [5.74, 6) is 0. The van der Waals surface area contributed by atoms with E-state index in [1.54, 1.807) is 0 Å². The van der Waals surface area contributed by atoms with Crippen LogP contribution in [0.15, 0.2) is 30.5 Å². The third kappa shape index (κ3) is 1.18. The molecule has 0 amide bonds. The van der Waals surface area contributed by atoms with E-state index in [4.69, 9.17) is 0 Å². The summed E-state index contributed by atoms with van der Waals surface area (Å²) in [5, 5.41) is 2.49. The second kappa shape index (κ2) is 2.59. The fraction of sp³-hybridized carbons (Fsp3) is 0.182. The summed E-state index contributed by atoms with van der Waals surface area (Å²) in [6.07, 6.45) is 1.92. The molecule has 0 aliphatic heterocycles. The summed E-state index contributed by atoms with van der Waals surface area (Å²) in [5.41, 5.74) is 2.38. The molecule has 0 saturated carbocycles. The van der Waals surface area contributed by atoms with E-state index in [0.717, 1.165) is 5.69 Å². The van der Waals surface area contributed by atoms with E-state index in [-0.39, 0.29) is 0 Å². The first-order valence-electron chi connectivity index (χ1n) is 4.09. The Hall–Kier alpha value is -1.37. The quantitative estimate of drug-likeness (QED) is 0.573. The van der Waals surface area contributed by atoms with Crippen molar-refractivity contribution in [3.63, 3.8) is 0 Å². The van der Waals surface area contributed by atoms with E-state index >= 15 is 0 Å². The normalized spacial score (nSPS) is 10.5. The summed E-state index contributed by atoms with van der Waals surface area (Å²) in [6.45, 7) is 4.12. The Kier molecular flexibility index (Phi) is 1.58. The van der Waals surface area contributed by atoms with Crippen LogP contribution in [0.5, 0.6) is 0 Å². The monoisotopic (exact) mass is 157 g/mol. The third-order valence-electron chi connectivity index (χ3n) is 2.01. The molecule has 0 bridgehead atoms. The number of hydrogen-bond donors (Lipinski definition) is 0. The Morgan fingerprint density at radius 3 is 2.67 bits per heavy atom. The molecule has 0 atom stereocenters. The minimum absolute atomic E-state index is 1.08. The molecule has 2 rings (SSSR count). The average Bonchev–Trinajstić information content (AvgIpc) is 2.03. The van der Waals surface area contributed by atoms with Crippen LogP contribution in [0.25, 0.3) is 10.8 Å². The lowest BCUT2D eigenvalue weighted by Gasteiger charge is -1.99. The molecule has 1 heteroatoms. The largest absolute Gasteiger partial charge is 0.261 e. The van der Waals surface area contributed by atoms with Crippen LogP contribution in [-0.2, 0) is 0 Å². The van der Waals surface area contributed by atoms with E-state index in [1.807, 2.05) is 13.1 Å². The molecule has 1 heterocycles. The van der Waals surface area contributed by atoms with Gasteiger partial charge in [0, 0.05) is 17.3 Å². The molecule has 12 heavy (non-hydrogen) atoms. The average molecular weight is 157 g/mol. The number of aromatic nitrogens is 1. The minimum Gasteiger partial charge on any atom is -0.261 e. The molecule has 1 aromatic carbocycles. The van der Waals surface area contributed by atoms with Crippen LogP contribution < -0.4 is 0 Å². The van der Waals surface area contributed by atoms with Crippen molar-refractivity contribution in [2.45, 2.75) is 13.8 Å². The van der Waals surface area contributed by atoms with Crippen LogP contribution in [-0.4, -0.2) is 4.98 Å². The molecule has 0 aliphatic rings. The molecule has 0 radical (unpaired) electrons. The smallest absolute Gasteiger partial charge is 0.0379 e. The molecule has 1 aromatic heterocycles. The van der Waals surface area contributed by atoms with Gasteiger partial charge in [0.15, 0.2) is 0 Å². The van der Waals surface area contributed by atoms with E-state index < -0.39 is 0 Å². The number of pyridine rings is 1. The SMILES string of the molecule is Cc1ccc2cnc(C)cc2c1. The molecule has 0 saturated heterocycles. The molecule has 1 nitrogen and oxygen atoms in total. The zero-order valence-electron chi connectivity index (χ0n) is 7.33. The Balaban J connectivity index is 2.80. The van der Waals surface area contributed by atoms with E-state index in [9.17, 15) is 0 Å². The van der Waals surface area contributed by atoms with Crippen LogP contribution in [0.2, 0.25) is 0 Å². The van der Waals surface area contributed by atoms with Crippen LogP contribution in [0.3, 0.4) is 0 Å². The molecule has 0 unspecified atom stereocenters. The highest BCUT2D eigenvalue weighted by Crippen LogP contribution is 2.15. The van der Waals surface area contributed by atoms with Crippen molar-refractivity contribution < 1.29 is 0 Å². The van der Waals surface area contributed by atoms with Gasteiger partial charge in [-0.3, -0.25) is 4.98 Å². The lowest BCUT2D eigenvalue weighted by atomic mass is 10.1. The molecule has 0 N–H and O–H groups in total. The predicted octanol–water partition coefficient (Wildman–Crippen LogP) is 2.85. The lowest BCUT2D eigenvalue weighted by Crippen LogP contribution is -1.81. The van der Waals surface area contributed by atoms with Crippen molar-refractivity contribution in [3.05, 3.63) is 41.7 Å². The van der Waals surface area contributed by atoms with Crippen molar-refractivity contribution in [2.24, 2.45) is 0 Å². The van der Waals surface area contributed by atoms with Crippen LogP contribution in [0, 0.1) is 13.8 Å². The van der Waals surface area contributed by atoms with Crippen LogP contribution in [0.1, 0.15) is 11.3 Å². The third-order valence-corrected chi connectivity index (χ3v) is 2.01. The van der Waals surface area contributed by atoms with Gasteiger partial charge in [-0.05, 0) is 25.3 Å². The maximum atomic E-state index is 4.24. The topological polar surface area (TPSA) is 12.9 Å². The number of aryl methyl sites for hydroxylation is 2. The molecule has 0 aliphatic carbocycles. The maximum absolute atomic E-state index is 4.24. The van der Waals surface area contributed by atoms with Crippen molar-refractivity contribution >= 4 is 10.8 Å². The van der Waals surface area contributed by atoms with Gasteiger partial charge < -0.3 is 0 Å². The lowest BCUT2D eigenvalue weighted by molar-refractivity contribution is 1.22. The van der Waals surface area contributed by atoms with E-state index in [1.165, 1.54) is 16.3 Å². The number of fused-ring (bicyclic) bond motifs is 1. The van der Waals surface area contributed by atoms with E-state index in [2.05, 4.69) is 36.2 Å². The molecule has 60 valence electrons. The van der Waals surface area contributed by atoms with Gasteiger partial charge in [-0.25, -0.2) is 0 Å². The molecular formula is C11H11N. The van der Waals surface area contributed by atoms with Crippen molar-refractivity contribution in [1.29, 1.82) is 0 Å². The summed E-state index contributed by atoms with van der Waals surface area (Å²) >= 11 is 0. The summed E-state index contributed by atoms with van der Waals surface area (Å²) in [7, 11) is 0. The van der Waals surface area contributed by atoms with Gasteiger partial charge in [0.1, 0.15) is 0 Å². The summed E-state index contributed by atoms with van der Waals surface area (Å²) in [6, 6.07) is 8.52. The second-order valence-electron chi connectivity index (χ2n) is 3.18. The number of rotatable bonds is 0. The Morgan fingerprint density at radius 2 is 1.83 bits per heavy atom. The molecule has 2 aromatic rings. The fourth-order valence-electron chi connectivity index (χ4n) is 1.37. The molecular weight excluding hydrogens is 146 g/mol. The van der Waals surface area contributed by atoms with Crippen molar-refractivity contribution in [3.8, 4) is 0 Å². The first-order chi connectivity index (χ1) is 5.75. The zero-order chi connectivity index (χ0) is 8.55. The molecule has 0 spiro atoms. The molecule has 0 fully saturated rings. The maximum Gasteiger partial charge on any atom is 0.0379 e. The number of nitrogens with zero attached hydrogens (tertiary/aromatic N) is 1. The van der Waals surface area contributed by atoms with E-state index in [0.29, 0.717) is 0 Å². The number of hydrogen-bond acceptors (Lipinski definition) is 1. The van der Waals surface area contributed by atoms with Gasteiger partial charge in [-0.2, -0.15) is 0 Å². The predicted molar refractivity (Wildman–Crippen MR) is 51.2 cm³/mol. The first-order valence-corrected chi connectivity index (χ1v) is 4.09. The Bertz CT molecular complexity index is 382. The van der Waals surface area contributed by atoms with Crippen LogP contribution >= 0.6 is 0 Å². The van der Waals surface area contributed by atoms with Gasteiger partial charge in [-0.1, -0.05) is 23.8 Å². The van der Waals surface area contributed by atoms with Gasteiger partial charge in [-0.15, -0.1) is 0 Å². The summed E-state index contributed by atoms with van der Waals surface area (Å²) in [4.78, 5) is 4.24. The van der Waals surface area contributed by atoms with Crippen molar-refractivity contribution in [2.75, 3.05) is 0 Å². The van der Waals surface area contributed by atoms with Crippen LogP contribution in [0.4, 0.5) is 0 Å². The Morgan fingerprint density at radius 1 is 1.00 bits per heavy atom. The standard InChI is InChI=1S/C11H11N/c1-8-3-4-10-7-12-9(2)6-11(10)5-8/h3-7H,1-2H3. The highest BCUT2D eigenvalue weighted by molar-refractivity contribution is 5.82. The van der Waals surface area contributed by atoms with Gasteiger partial charge in [0.25, 0.3) is 0 Å². The number of benzene rings is 1. The van der Waals surface area contributed by atoms with Gasteiger partial charge >= 0.3 is 0 Å². The highest BCUT2D eigenvalue weighted by atomic mass is 14.6. The summed E-state index contributed by atoms with van der Waals surface area (Å²) < 4.78 is 0. The highest BCUT2D eigenvalue weighted by Gasteiger charge is 1.93. The Labute approximate surface area is 72.1 Å². The second-order valence-corrected chi connectivity index (χ2v) is 3.18. The van der Waals surface area contributed by atoms with Gasteiger partial charge in [0.2, 0.25) is 0 Å². The minimum atomic E-state index is 1.08. The fourth-order valence-corrected chi connectivity index (χ4v) is 1.37.